The molecule has 1 saturated heterocycles. The summed E-state index contributed by atoms with van der Waals surface area (Å²) < 4.78 is 10.9. The van der Waals surface area contributed by atoms with E-state index in [0.717, 1.165) is 28.6 Å². The van der Waals surface area contributed by atoms with Gasteiger partial charge in [0.2, 0.25) is 0 Å². The molecule has 2 amide bonds. The number of hydrogen-bond acceptors (Lipinski definition) is 6. The minimum absolute atomic E-state index is 0.0573. The number of aliphatic carboxylic acids is 1. The topological polar surface area (TPSA) is 122 Å². The summed E-state index contributed by atoms with van der Waals surface area (Å²) in [6.45, 7) is 2.12. The number of aromatic nitrogens is 1. The van der Waals surface area contributed by atoms with Gasteiger partial charge in [0.15, 0.2) is 17.8 Å². The van der Waals surface area contributed by atoms with Crippen molar-refractivity contribution in [3.05, 3.63) is 77.5 Å². The first kappa shape index (κ1) is 22.6. The number of likely N-dealkylation sites (tertiary alicyclic amines) is 1. The van der Waals surface area contributed by atoms with Crippen LogP contribution in [0.4, 0.5) is 4.79 Å². The number of rotatable bonds is 6. The van der Waals surface area contributed by atoms with Gasteiger partial charge < -0.3 is 24.5 Å². The molecular formula is C26H25N3O6. The minimum Gasteiger partial charge on any atom is -0.481 e. The van der Waals surface area contributed by atoms with E-state index >= 15 is 0 Å². The molecule has 1 aromatic heterocycles. The summed E-state index contributed by atoms with van der Waals surface area (Å²) in [5.41, 5.74) is 4.57. The largest absolute Gasteiger partial charge is 0.481 e. The van der Waals surface area contributed by atoms with Gasteiger partial charge >= 0.3 is 12.1 Å². The number of nitrogens with zero attached hydrogens (tertiary/aromatic N) is 2. The van der Waals surface area contributed by atoms with Crippen LogP contribution < -0.4 is 5.32 Å². The molecule has 2 unspecified atom stereocenters. The van der Waals surface area contributed by atoms with Crippen molar-refractivity contribution >= 4 is 18.0 Å². The summed E-state index contributed by atoms with van der Waals surface area (Å²) in [6.07, 6.45) is 0.882. The monoisotopic (exact) mass is 475 g/mol. The molecule has 0 saturated carbocycles. The van der Waals surface area contributed by atoms with Crippen LogP contribution in [0.1, 0.15) is 46.6 Å². The van der Waals surface area contributed by atoms with Crippen molar-refractivity contribution in [3.63, 3.8) is 0 Å². The van der Waals surface area contributed by atoms with Crippen LogP contribution in [0.2, 0.25) is 0 Å². The number of carboxylic acids is 1. The summed E-state index contributed by atoms with van der Waals surface area (Å²) in [7, 11) is 0. The Hall–Kier alpha value is -4.14. The number of oxazole rings is 1. The third kappa shape index (κ3) is 4.14. The van der Waals surface area contributed by atoms with Gasteiger partial charge in [0.05, 0.1) is 12.5 Å². The maximum Gasteiger partial charge on any atom is 0.407 e. The average Bonchev–Trinajstić information content (AvgIpc) is 3.57. The van der Waals surface area contributed by atoms with Crippen molar-refractivity contribution in [1.82, 2.24) is 15.2 Å². The van der Waals surface area contributed by atoms with Gasteiger partial charge in [-0.1, -0.05) is 48.5 Å². The molecule has 9 nitrogen and oxygen atoms in total. The molecule has 35 heavy (non-hydrogen) atoms. The maximum absolute atomic E-state index is 13.0. The summed E-state index contributed by atoms with van der Waals surface area (Å²) in [5.74, 6) is -1.83. The van der Waals surface area contributed by atoms with E-state index in [9.17, 15) is 19.5 Å². The fourth-order valence-electron chi connectivity index (χ4n) is 5.06. The number of carboxylic acid groups (broad SMARTS) is 1. The summed E-state index contributed by atoms with van der Waals surface area (Å²) in [5, 5.41) is 11.9. The van der Waals surface area contributed by atoms with Crippen LogP contribution in [0.25, 0.3) is 11.1 Å². The second-order valence-corrected chi connectivity index (χ2v) is 8.78. The fourth-order valence-corrected chi connectivity index (χ4v) is 5.06. The Kier molecular flexibility index (Phi) is 5.98. The Morgan fingerprint density at radius 3 is 2.40 bits per heavy atom. The van der Waals surface area contributed by atoms with Crippen molar-refractivity contribution in [1.29, 1.82) is 0 Å². The second kappa shape index (κ2) is 9.25. The lowest BCUT2D eigenvalue weighted by atomic mass is 9.98. The SMILES string of the molecule is CC1C(C(=O)O)CCN1C(=O)c1ncoc1CNC(=O)OCC1c2ccccc2-c2ccccc21. The van der Waals surface area contributed by atoms with Crippen molar-refractivity contribution in [2.45, 2.75) is 31.8 Å². The Balaban J connectivity index is 1.20. The minimum atomic E-state index is -0.926. The lowest BCUT2D eigenvalue weighted by molar-refractivity contribution is -0.142. The van der Waals surface area contributed by atoms with Crippen molar-refractivity contribution < 1.29 is 28.6 Å². The zero-order valence-electron chi connectivity index (χ0n) is 19.1. The second-order valence-electron chi connectivity index (χ2n) is 8.78. The number of fused-ring (bicyclic) bond motifs is 3. The van der Waals surface area contributed by atoms with Crippen LogP contribution in [0, 0.1) is 5.92 Å². The van der Waals surface area contributed by atoms with Gasteiger partial charge in [-0.05, 0) is 35.6 Å². The predicted molar refractivity (Wildman–Crippen MR) is 125 cm³/mol. The van der Waals surface area contributed by atoms with Gasteiger partial charge in [0.1, 0.15) is 6.61 Å². The molecule has 1 aliphatic heterocycles. The molecule has 0 radical (unpaired) electrons. The highest BCUT2D eigenvalue weighted by atomic mass is 16.5. The first-order valence-corrected chi connectivity index (χ1v) is 11.5. The van der Waals surface area contributed by atoms with Gasteiger partial charge in [0, 0.05) is 18.5 Å². The summed E-state index contributed by atoms with van der Waals surface area (Å²) >= 11 is 0. The van der Waals surface area contributed by atoms with E-state index in [0.29, 0.717) is 13.0 Å². The highest BCUT2D eigenvalue weighted by Gasteiger charge is 2.39. The van der Waals surface area contributed by atoms with Gasteiger partial charge in [-0.25, -0.2) is 9.78 Å². The van der Waals surface area contributed by atoms with E-state index in [4.69, 9.17) is 9.15 Å². The van der Waals surface area contributed by atoms with Gasteiger partial charge in [-0.3, -0.25) is 9.59 Å². The summed E-state index contributed by atoms with van der Waals surface area (Å²) in [4.78, 5) is 42.3. The summed E-state index contributed by atoms with van der Waals surface area (Å²) in [6, 6.07) is 15.7. The zero-order chi connectivity index (χ0) is 24.5. The van der Waals surface area contributed by atoms with E-state index in [1.807, 2.05) is 36.4 Å². The molecule has 1 aliphatic carbocycles. The number of amides is 2. The molecule has 2 heterocycles. The molecule has 2 atom stereocenters. The van der Waals surface area contributed by atoms with E-state index in [1.54, 1.807) is 6.92 Å². The van der Waals surface area contributed by atoms with E-state index in [-0.39, 0.29) is 30.5 Å². The number of carbonyl (C=O) groups is 3. The Morgan fingerprint density at radius 1 is 1.11 bits per heavy atom. The molecule has 0 spiro atoms. The van der Waals surface area contributed by atoms with Crippen LogP contribution in [-0.2, 0) is 16.1 Å². The van der Waals surface area contributed by atoms with Gasteiger partial charge in [0.25, 0.3) is 5.91 Å². The molecule has 2 aromatic carbocycles. The molecule has 5 rings (SSSR count). The lowest BCUT2D eigenvalue weighted by Crippen LogP contribution is -2.38. The molecule has 2 aliphatic rings. The van der Waals surface area contributed by atoms with Gasteiger partial charge in [-0.2, -0.15) is 0 Å². The van der Waals surface area contributed by atoms with E-state index < -0.39 is 29.9 Å². The number of alkyl carbamates (subject to hydrolysis) is 1. The molecule has 180 valence electrons. The van der Waals surface area contributed by atoms with Crippen molar-refractivity contribution in [2.75, 3.05) is 13.2 Å². The van der Waals surface area contributed by atoms with Crippen LogP contribution in [0.5, 0.6) is 0 Å². The van der Waals surface area contributed by atoms with Crippen molar-refractivity contribution in [2.24, 2.45) is 5.92 Å². The maximum atomic E-state index is 13.0. The van der Waals surface area contributed by atoms with Crippen molar-refractivity contribution in [3.8, 4) is 11.1 Å². The first-order chi connectivity index (χ1) is 17.0. The van der Waals surface area contributed by atoms with E-state index in [2.05, 4.69) is 22.4 Å². The third-order valence-electron chi connectivity index (χ3n) is 6.91. The van der Waals surface area contributed by atoms with E-state index in [1.165, 1.54) is 4.90 Å². The number of carbonyl (C=O) groups excluding carboxylic acids is 2. The number of hydrogen-bond donors (Lipinski definition) is 2. The fraction of sp³-hybridized carbons (Fsp3) is 0.308. The Labute approximate surface area is 201 Å². The smallest absolute Gasteiger partial charge is 0.407 e. The highest BCUT2D eigenvalue weighted by molar-refractivity contribution is 5.94. The normalized spacial score (nSPS) is 18.7. The molecule has 0 bridgehead atoms. The molecule has 3 aromatic rings. The zero-order valence-corrected chi connectivity index (χ0v) is 19.1. The Bertz CT molecular complexity index is 1240. The molecule has 2 N–H and O–H groups in total. The first-order valence-electron chi connectivity index (χ1n) is 11.5. The number of benzene rings is 2. The van der Waals surface area contributed by atoms with Crippen LogP contribution in [0.3, 0.4) is 0 Å². The average molecular weight is 476 g/mol. The number of ether oxygens (including phenoxy) is 1. The third-order valence-corrected chi connectivity index (χ3v) is 6.91. The Morgan fingerprint density at radius 2 is 1.77 bits per heavy atom. The predicted octanol–water partition coefficient (Wildman–Crippen LogP) is 3.65. The lowest BCUT2D eigenvalue weighted by Gasteiger charge is -2.22. The highest BCUT2D eigenvalue weighted by Crippen LogP contribution is 2.44. The molecule has 1 fully saturated rings. The van der Waals surface area contributed by atoms with Crippen LogP contribution >= 0.6 is 0 Å². The standard InChI is InChI=1S/C26H25N3O6/c1-15-16(25(31)32)10-11-29(15)24(30)23-22(35-14-28-23)12-27-26(33)34-13-21-19-8-4-2-6-17(19)18-7-3-5-9-20(18)21/h2-9,14-16,21H,10-13H2,1H3,(H,27,33)(H,31,32). The number of nitrogens with one attached hydrogen (secondary N) is 1. The van der Waals surface area contributed by atoms with Crippen LogP contribution in [-0.4, -0.2) is 52.2 Å². The quantitative estimate of drug-likeness (QED) is 0.558. The van der Waals surface area contributed by atoms with Gasteiger partial charge in [-0.15, -0.1) is 0 Å². The molecule has 9 heteroatoms. The van der Waals surface area contributed by atoms with Crippen LogP contribution in [0.15, 0.2) is 59.3 Å². The molecular weight excluding hydrogens is 450 g/mol.